The Morgan fingerprint density at radius 3 is 2.55 bits per heavy atom. The van der Waals surface area contributed by atoms with Gasteiger partial charge in [-0.25, -0.2) is 0 Å². The maximum atomic E-state index is 6.45. The van der Waals surface area contributed by atoms with E-state index in [1.54, 1.807) is 18.9 Å². The van der Waals surface area contributed by atoms with Crippen LogP contribution in [0.25, 0.3) is 17.1 Å². The van der Waals surface area contributed by atoms with Gasteiger partial charge in [-0.1, -0.05) is 35.5 Å². The summed E-state index contributed by atoms with van der Waals surface area (Å²) in [6.07, 6.45) is 0. The fourth-order valence-corrected chi connectivity index (χ4v) is 4.41. The summed E-state index contributed by atoms with van der Waals surface area (Å²) in [5, 5.41) is 10.5. The van der Waals surface area contributed by atoms with Crippen LogP contribution >= 0.6 is 23.4 Å². The number of morpholine rings is 1. The molecule has 1 aliphatic rings. The molecule has 1 fully saturated rings. The normalized spacial score (nSPS) is 14.8. The lowest BCUT2D eigenvalue weighted by atomic mass is 10.2. The molecule has 0 N–H and O–H groups in total. The minimum absolute atomic E-state index is 0.652. The zero-order valence-electron chi connectivity index (χ0n) is 16.3. The van der Waals surface area contributed by atoms with Crippen molar-refractivity contribution in [1.29, 1.82) is 0 Å². The van der Waals surface area contributed by atoms with E-state index in [0.29, 0.717) is 5.02 Å². The molecule has 6 nitrogen and oxygen atoms in total. The van der Waals surface area contributed by atoms with Gasteiger partial charge in [-0.15, -0.1) is 10.2 Å². The second kappa shape index (κ2) is 9.63. The average Bonchev–Trinajstić information content (AvgIpc) is 3.18. The minimum atomic E-state index is 0.652. The standard InChI is InChI=1S/C21H23ClN4O2S/c1-27-17-8-6-16(7-9-17)26-20(18-4-2-3-5-19(18)22)23-24-21(26)29-15-12-25-10-13-28-14-11-25/h2-9H,10-15H2,1H3. The van der Waals surface area contributed by atoms with Crippen LogP contribution < -0.4 is 4.74 Å². The van der Waals surface area contributed by atoms with E-state index < -0.39 is 0 Å². The van der Waals surface area contributed by atoms with Gasteiger partial charge in [-0.05, 0) is 36.4 Å². The van der Waals surface area contributed by atoms with Crippen molar-refractivity contribution >= 4 is 23.4 Å². The first-order valence-electron chi connectivity index (χ1n) is 9.54. The maximum absolute atomic E-state index is 6.45. The first-order chi connectivity index (χ1) is 14.3. The maximum Gasteiger partial charge on any atom is 0.196 e. The van der Waals surface area contributed by atoms with E-state index in [1.165, 1.54) is 0 Å². The summed E-state index contributed by atoms with van der Waals surface area (Å²) in [4.78, 5) is 2.42. The second-order valence-corrected chi connectivity index (χ2v) is 8.09. The molecule has 0 atom stereocenters. The molecule has 1 saturated heterocycles. The van der Waals surface area contributed by atoms with Gasteiger partial charge in [0.05, 0.1) is 25.3 Å². The third-order valence-corrected chi connectivity index (χ3v) is 6.06. The van der Waals surface area contributed by atoms with Gasteiger partial charge >= 0.3 is 0 Å². The predicted molar refractivity (Wildman–Crippen MR) is 116 cm³/mol. The summed E-state index contributed by atoms with van der Waals surface area (Å²) < 4.78 is 12.8. The topological polar surface area (TPSA) is 52.4 Å². The number of thioether (sulfide) groups is 1. The number of hydrogen-bond donors (Lipinski definition) is 0. The van der Waals surface area contributed by atoms with E-state index in [4.69, 9.17) is 21.1 Å². The molecule has 0 bridgehead atoms. The summed E-state index contributed by atoms with van der Waals surface area (Å²) in [6.45, 7) is 4.57. The Morgan fingerprint density at radius 2 is 1.83 bits per heavy atom. The van der Waals surface area contributed by atoms with Crippen molar-refractivity contribution in [2.24, 2.45) is 0 Å². The monoisotopic (exact) mass is 430 g/mol. The third kappa shape index (κ3) is 4.75. The quantitative estimate of drug-likeness (QED) is 0.528. The van der Waals surface area contributed by atoms with Crippen molar-refractivity contribution in [3.05, 3.63) is 53.6 Å². The number of halogens is 1. The second-order valence-electron chi connectivity index (χ2n) is 6.62. The van der Waals surface area contributed by atoms with Gasteiger partial charge in [-0.2, -0.15) is 0 Å². The van der Waals surface area contributed by atoms with Crippen molar-refractivity contribution in [2.45, 2.75) is 5.16 Å². The highest BCUT2D eigenvalue weighted by molar-refractivity contribution is 7.99. The van der Waals surface area contributed by atoms with Gasteiger partial charge in [0.15, 0.2) is 11.0 Å². The van der Waals surface area contributed by atoms with Crippen molar-refractivity contribution in [3.63, 3.8) is 0 Å². The van der Waals surface area contributed by atoms with Crippen LogP contribution in [0.2, 0.25) is 5.02 Å². The Hall–Kier alpha value is -2.06. The molecule has 8 heteroatoms. The number of benzene rings is 2. The summed E-state index contributed by atoms with van der Waals surface area (Å²) >= 11 is 8.15. The Labute approximate surface area is 179 Å². The summed E-state index contributed by atoms with van der Waals surface area (Å²) in [5.41, 5.74) is 1.83. The van der Waals surface area contributed by atoms with E-state index in [2.05, 4.69) is 19.7 Å². The average molecular weight is 431 g/mol. The molecule has 0 aliphatic carbocycles. The minimum Gasteiger partial charge on any atom is -0.497 e. The highest BCUT2D eigenvalue weighted by Crippen LogP contribution is 2.32. The first-order valence-corrected chi connectivity index (χ1v) is 10.9. The predicted octanol–water partition coefficient (Wildman–Crippen LogP) is 4.02. The number of aromatic nitrogens is 3. The molecule has 1 aromatic heterocycles. The molecule has 0 radical (unpaired) electrons. The molecule has 2 aromatic carbocycles. The van der Waals surface area contributed by atoms with Crippen LogP contribution in [-0.2, 0) is 4.74 Å². The molecule has 0 saturated carbocycles. The SMILES string of the molecule is COc1ccc(-n2c(SCCN3CCOCC3)nnc2-c2ccccc2Cl)cc1. The van der Waals surface area contributed by atoms with Gasteiger partial charge in [0.1, 0.15) is 5.75 Å². The summed E-state index contributed by atoms with van der Waals surface area (Å²) in [6, 6.07) is 15.6. The van der Waals surface area contributed by atoms with E-state index in [1.807, 2.05) is 48.5 Å². The molecule has 1 aliphatic heterocycles. The van der Waals surface area contributed by atoms with Gasteiger partial charge in [0.25, 0.3) is 0 Å². The lowest BCUT2D eigenvalue weighted by Gasteiger charge is -2.26. The number of ether oxygens (including phenoxy) is 2. The van der Waals surface area contributed by atoms with Crippen molar-refractivity contribution in [2.75, 3.05) is 45.7 Å². The molecule has 152 valence electrons. The largest absolute Gasteiger partial charge is 0.497 e. The molecule has 29 heavy (non-hydrogen) atoms. The van der Waals surface area contributed by atoms with Crippen LogP contribution in [-0.4, -0.2) is 65.4 Å². The van der Waals surface area contributed by atoms with Crippen LogP contribution in [0.15, 0.2) is 53.7 Å². The zero-order chi connectivity index (χ0) is 20.1. The van der Waals surface area contributed by atoms with Crippen LogP contribution in [0.1, 0.15) is 0 Å². The first kappa shape index (κ1) is 20.2. The van der Waals surface area contributed by atoms with Gasteiger partial charge in [0.2, 0.25) is 0 Å². The van der Waals surface area contributed by atoms with Crippen LogP contribution in [0.3, 0.4) is 0 Å². The Balaban J connectivity index is 1.62. The fraction of sp³-hybridized carbons (Fsp3) is 0.333. The molecule has 4 rings (SSSR count). The van der Waals surface area contributed by atoms with E-state index in [0.717, 1.165) is 66.6 Å². The molecular weight excluding hydrogens is 408 g/mol. The Kier molecular flexibility index (Phi) is 6.71. The highest BCUT2D eigenvalue weighted by atomic mass is 35.5. The van der Waals surface area contributed by atoms with Crippen LogP contribution in [0.4, 0.5) is 0 Å². The molecular formula is C21H23ClN4O2S. The summed E-state index contributed by atoms with van der Waals surface area (Å²) in [5.74, 6) is 2.47. The van der Waals surface area contributed by atoms with E-state index >= 15 is 0 Å². The van der Waals surface area contributed by atoms with Gasteiger partial charge < -0.3 is 9.47 Å². The number of methoxy groups -OCH3 is 1. The van der Waals surface area contributed by atoms with Gasteiger partial charge in [0, 0.05) is 36.6 Å². The Morgan fingerprint density at radius 1 is 1.07 bits per heavy atom. The fourth-order valence-electron chi connectivity index (χ4n) is 3.24. The smallest absolute Gasteiger partial charge is 0.196 e. The molecule has 0 spiro atoms. The van der Waals surface area contributed by atoms with Gasteiger partial charge in [-0.3, -0.25) is 9.47 Å². The molecule has 3 aromatic rings. The zero-order valence-corrected chi connectivity index (χ0v) is 17.8. The van der Waals surface area contributed by atoms with Crippen molar-refractivity contribution in [1.82, 2.24) is 19.7 Å². The van der Waals surface area contributed by atoms with Crippen molar-refractivity contribution in [3.8, 4) is 22.8 Å². The molecule has 2 heterocycles. The summed E-state index contributed by atoms with van der Waals surface area (Å²) in [7, 11) is 1.66. The molecule has 0 amide bonds. The third-order valence-electron chi connectivity index (χ3n) is 4.82. The van der Waals surface area contributed by atoms with Crippen LogP contribution in [0.5, 0.6) is 5.75 Å². The Bertz CT molecular complexity index is 942. The van der Waals surface area contributed by atoms with Crippen LogP contribution in [0, 0.1) is 0 Å². The highest BCUT2D eigenvalue weighted by Gasteiger charge is 2.19. The number of nitrogens with zero attached hydrogens (tertiary/aromatic N) is 4. The number of hydrogen-bond acceptors (Lipinski definition) is 6. The van der Waals surface area contributed by atoms with E-state index in [-0.39, 0.29) is 0 Å². The lowest BCUT2D eigenvalue weighted by Crippen LogP contribution is -2.37. The lowest BCUT2D eigenvalue weighted by molar-refractivity contribution is 0.0410. The van der Waals surface area contributed by atoms with E-state index in [9.17, 15) is 0 Å². The number of rotatable bonds is 7. The van der Waals surface area contributed by atoms with Crippen molar-refractivity contribution < 1.29 is 9.47 Å². The molecule has 0 unspecified atom stereocenters.